The van der Waals surface area contributed by atoms with Crippen LogP contribution < -0.4 is 5.32 Å². The second-order valence-corrected chi connectivity index (χ2v) is 7.46. The number of amides is 1. The number of carbonyl (C=O) groups is 1. The molecule has 152 valence electrons. The molecule has 1 amide bonds. The molecule has 1 N–H and O–H groups in total. The number of rotatable bonds is 6. The maximum Gasteiger partial charge on any atom is 0.260 e. The van der Waals surface area contributed by atoms with E-state index >= 15 is 0 Å². The zero-order valence-electron chi connectivity index (χ0n) is 17.2. The number of anilines is 1. The molecule has 0 fully saturated rings. The Hall–Kier alpha value is -3.74. The van der Waals surface area contributed by atoms with Crippen molar-refractivity contribution in [1.29, 1.82) is 0 Å². The van der Waals surface area contributed by atoms with Crippen molar-refractivity contribution < 1.29 is 9.32 Å². The van der Waals surface area contributed by atoms with Gasteiger partial charge in [0.2, 0.25) is 5.91 Å². The predicted molar refractivity (Wildman–Crippen MR) is 114 cm³/mol. The van der Waals surface area contributed by atoms with E-state index in [2.05, 4.69) is 20.6 Å². The van der Waals surface area contributed by atoms with Crippen LogP contribution in [0.4, 0.5) is 5.69 Å². The first-order chi connectivity index (χ1) is 14.5. The van der Waals surface area contributed by atoms with E-state index in [9.17, 15) is 4.79 Å². The van der Waals surface area contributed by atoms with Gasteiger partial charge in [-0.3, -0.25) is 4.79 Å². The van der Waals surface area contributed by atoms with E-state index in [1.165, 1.54) is 0 Å². The minimum atomic E-state index is -0.137. The van der Waals surface area contributed by atoms with Gasteiger partial charge in [-0.15, -0.1) is 0 Å². The number of benzene rings is 2. The van der Waals surface area contributed by atoms with Gasteiger partial charge in [0.15, 0.2) is 5.82 Å². The highest BCUT2D eigenvalue weighted by molar-refractivity contribution is 5.96. The second-order valence-electron chi connectivity index (χ2n) is 7.46. The van der Waals surface area contributed by atoms with Crippen molar-refractivity contribution in [2.75, 3.05) is 5.32 Å². The Labute approximate surface area is 174 Å². The first-order valence-corrected chi connectivity index (χ1v) is 9.83. The van der Waals surface area contributed by atoms with Crippen LogP contribution in [0.2, 0.25) is 0 Å². The van der Waals surface area contributed by atoms with E-state index in [4.69, 9.17) is 4.52 Å². The van der Waals surface area contributed by atoms with E-state index in [1.54, 1.807) is 10.9 Å². The van der Waals surface area contributed by atoms with Crippen molar-refractivity contribution in [3.8, 4) is 17.1 Å². The lowest BCUT2D eigenvalue weighted by molar-refractivity contribution is -0.115. The quantitative estimate of drug-likeness (QED) is 0.513. The molecule has 0 saturated heterocycles. The van der Waals surface area contributed by atoms with Crippen molar-refractivity contribution >= 4 is 11.6 Å². The normalized spacial score (nSPS) is 11.1. The summed E-state index contributed by atoms with van der Waals surface area (Å²) in [5.41, 5.74) is 4.08. The number of nitrogens with one attached hydrogen (secondary N) is 1. The van der Waals surface area contributed by atoms with E-state index in [0.29, 0.717) is 23.0 Å². The molecule has 7 nitrogen and oxygen atoms in total. The summed E-state index contributed by atoms with van der Waals surface area (Å²) in [6.07, 6.45) is 3.78. The molecule has 0 atom stereocenters. The monoisotopic (exact) mass is 401 g/mol. The largest absolute Gasteiger partial charge is 0.334 e. The van der Waals surface area contributed by atoms with Gasteiger partial charge in [-0.05, 0) is 36.2 Å². The van der Waals surface area contributed by atoms with Crippen LogP contribution in [0.1, 0.15) is 36.7 Å². The fourth-order valence-corrected chi connectivity index (χ4v) is 3.13. The molecule has 2 aromatic carbocycles. The van der Waals surface area contributed by atoms with Crippen LogP contribution in [0.3, 0.4) is 0 Å². The second kappa shape index (κ2) is 8.32. The molecule has 0 aliphatic carbocycles. The number of hydrogen-bond donors (Lipinski definition) is 1. The van der Waals surface area contributed by atoms with E-state index < -0.39 is 0 Å². The van der Waals surface area contributed by atoms with Gasteiger partial charge in [0, 0.05) is 12.1 Å². The summed E-state index contributed by atoms with van der Waals surface area (Å²) in [4.78, 5) is 17.2. The molecule has 30 heavy (non-hydrogen) atoms. The fraction of sp³-hybridized carbons (Fsp3) is 0.217. The molecule has 0 unspecified atom stereocenters. The summed E-state index contributed by atoms with van der Waals surface area (Å²) < 4.78 is 7.19. The number of aryl methyl sites for hydroxylation is 1. The number of nitrogens with zero attached hydrogens (tertiary/aromatic N) is 4. The van der Waals surface area contributed by atoms with Crippen molar-refractivity contribution in [3.05, 3.63) is 77.9 Å². The minimum absolute atomic E-state index is 0.137. The average Bonchev–Trinajstić information content (AvgIpc) is 3.40. The maximum absolute atomic E-state index is 12.8. The van der Waals surface area contributed by atoms with Gasteiger partial charge in [0.25, 0.3) is 5.89 Å². The molecule has 0 saturated carbocycles. The minimum Gasteiger partial charge on any atom is -0.334 e. The Morgan fingerprint density at radius 3 is 2.67 bits per heavy atom. The van der Waals surface area contributed by atoms with Crippen LogP contribution in [0.15, 0.2) is 65.4 Å². The summed E-state index contributed by atoms with van der Waals surface area (Å²) in [5, 5.41) is 11.4. The van der Waals surface area contributed by atoms with Gasteiger partial charge in [-0.2, -0.15) is 10.1 Å². The van der Waals surface area contributed by atoms with Gasteiger partial charge in [0.05, 0.1) is 29.6 Å². The average molecular weight is 401 g/mol. The first kappa shape index (κ1) is 19.6. The SMILES string of the molecule is Cc1cccc(-c2nc(C(C)C)no2)c1NC(=O)Cc1cnn(-c2ccccc2)c1. The van der Waals surface area contributed by atoms with Crippen LogP contribution in [0, 0.1) is 6.92 Å². The molecule has 2 heterocycles. The van der Waals surface area contributed by atoms with Crippen molar-refractivity contribution in [3.63, 3.8) is 0 Å². The lowest BCUT2D eigenvalue weighted by Crippen LogP contribution is -2.15. The van der Waals surface area contributed by atoms with Gasteiger partial charge in [-0.25, -0.2) is 4.68 Å². The van der Waals surface area contributed by atoms with Gasteiger partial charge >= 0.3 is 0 Å². The van der Waals surface area contributed by atoms with Crippen molar-refractivity contribution in [2.45, 2.75) is 33.1 Å². The zero-order chi connectivity index (χ0) is 21.1. The zero-order valence-corrected chi connectivity index (χ0v) is 17.2. The molecule has 4 rings (SSSR count). The van der Waals surface area contributed by atoms with Crippen LogP contribution in [-0.4, -0.2) is 25.8 Å². The summed E-state index contributed by atoms with van der Waals surface area (Å²) >= 11 is 0. The van der Waals surface area contributed by atoms with Gasteiger partial charge in [-0.1, -0.05) is 49.3 Å². The highest BCUT2D eigenvalue weighted by atomic mass is 16.5. The van der Waals surface area contributed by atoms with E-state index in [0.717, 1.165) is 16.8 Å². The predicted octanol–water partition coefficient (Wildman–Crippen LogP) is 4.54. The molecule has 0 bridgehead atoms. The van der Waals surface area contributed by atoms with Gasteiger partial charge in [0.1, 0.15) is 0 Å². The lowest BCUT2D eigenvalue weighted by Gasteiger charge is -2.11. The molecular weight excluding hydrogens is 378 g/mol. The Balaban J connectivity index is 1.53. The third-order valence-corrected chi connectivity index (χ3v) is 4.75. The molecule has 4 aromatic rings. The highest BCUT2D eigenvalue weighted by Gasteiger charge is 2.18. The molecule has 0 spiro atoms. The molecule has 7 heteroatoms. The van der Waals surface area contributed by atoms with E-state index in [1.807, 2.05) is 75.5 Å². The Morgan fingerprint density at radius 1 is 1.13 bits per heavy atom. The summed E-state index contributed by atoms with van der Waals surface area (Å²) in [7, 11) is 0. The Morgan fingerprint density at radius 2 is 1.93 bits per heavy atom. The number of carbonyl (C=O) groups excluding carboxylic acids is 1. The summed E-state index contributed by atoms with van der Waals surface area (Å²) in [6.45, 7) is 5.94. The lowest BCUT2D eigenvalue weighted by atomic mass is 10.1. The summed E-state index contributed by atoms with van der Waals surface area (Å²) in [5.74, 6) is 1.06. The summed E-state index contributed by atoms with van der Waals surface area (Å²) in [6, 6.07) is 15.5. The van der Waals surface area contributed by atoms with Crippen LogP contribution >= 0.6 is 0 Å². The van der Waals surface area contributed by atoms with Crippen LogP contribution in [0.25, 0.3) is 17.1 Å². The fourth-order valence-electron chi connectivity index (χ4n) is 3.13. The van der Waals surface area contributed by atoms with E-state index in [-0.39, 0.29) is 18.2 Å². The topological polar surface area (TPSA) is 85.8 Å². The maximum atomic E-state index is 12.8. The number of para-hydroxylation sites is 2. The molecule has 0 aliphatic heterocycles. The molecule has 2 aromatic heterocycles. The first-order valence-electron chi connectivity index (χ1n) is 9.83. The van der Waals surface area contributed by atoms with Crippen LogP contribution in [-0.2, 0) is 11.2 Å². The van der Waals surface area contributed by atoms with Gasteiger partial charge < -0.3 is 9.84 Å². The number of aromatic nitrogens is 4. The molecule has 0 radical (unpaired) electrons. The highest BCUT2D eigenvalue weighted by Crippen LogP contribution is 2.30. The smallest absolute Gasteiger partial charge is 0.260 e. The molecular formula is C23H23N5O2. The third kappa shape index (κ3) is 4.15. The standard InChI is InChI=1S/C23H23N5O2/c1-15(2)22-26-23(30-27-22)19-11-7-8-16(3)21(19)25-20(29)12-17-13-24-28(14-17)18-9-5-4-6-10-18/h4-11,13-15H,12H2,1-3H3,(H,25,29). The Kier molecular flexibility index (Phi) is 5.43. The third-order valence-electron chi connectivity index (χ3n) is 4.75. The molecule has 0 aliphatic rings. The Bertz CT molecular complexity index is 1160. The van der Waals surface area contributed by atoms with Crippen molar-refractivity contribution in [1.82, 2.24) is 19.9 Å². The van der Waals surface area contributed by atoms with Crippen LogP contribution in [0.5, 0.6) is 0 Å². The number of hydrogen-bond acceptors (Lipinski definition) is 5. The van der Waals surface area contributed by atoms with Crippen molar-refractivity contribution in [2.24, 2.45) is 0 Å².